The summed E-state index contributed by atoms with van der Waals surface area (Å²) in [7, 11) is 1.66. The summed E-state index contributed by atoms with van der Waals surface area (Å²) < 4.78 is 12.7. The van der Waals surface area contributed by atoms with Crippen molar-refractivity contribution in [2.45, 2.75) is 26.4 Å². The summed E-state index contributed by atoms with van der Waals surface area (Å²) in [6, 6.07) is 6.02. The Hall–Kier alpha value is -2.08. The summed E-state index contributed by atoms with van der Waals surface area (Å²) in [5.41, 5.74) is 1.18. The Kier molecular flexibility index (Phi) is 6.02. The van der Waals surface area contributed by atoms with Crippen LogP contribution in [-0.2, 0) is 13.1 Å². The van der Waals surface area contributed by atoms with Crippen molar-refractivity contribution >= 4 is 0 Å². The topological polar surface area (TPSA) is 61.2 Å². The van der Waals surface area contributed by atoms with Gasteiger partial charge in [0.1, 0.15) is 0 Å². The Balaban J connectivity index is 1.75. The number of methoxy groups -OCH3 is 1. The molecule has 0 spiro atoms. The summed E-state index contributed by atoms with van der Waals surface area (Å²) in [5.74, 6) is 1.56. The van der Waals surface area contributed by atoms with Gasteiger partial charge in [-0.15, -0.1) is 5.10 Å². The van der Waals surface area contributed by atoms with Crippen molar-refractivity contribution < 1.29 is 9.47 Å². The Morgan fingerprint density at radius 3 is 2.90 bits per heavy atom. The van der Waals surface area contributed by atoms with E-state index in [0.717, 1.165) is 37.6 Å². The third-order valence-electron chi connectivity index (χ3n) is 3.07. The van der Waals surface area contributed by atoms with Crippen molar-refractivity contribution in [2.75, 3.05) is 20.3 Å². The number of nitrogens with zero attached hydrogens (tertiary/aromatic N) is 3. The fraction of sp³-hybridized carbons (Fsp3) is 0.467. The molecule has 0 aliphatic rings. The molecule has 6 nitrogen and oxygen atoms in total. The van der Waals surface area contributed by atoms with Gasteiger partial charge in [-0.2, -0.15) is 0 Å². The molecule has 0 unspecified atom stereocenters. The highest BCUT2D eigenvalue weighted by Crippen LogP contribution is 2.27. The van der Waals surface area contributed by atoms with Crippen molar-refractivity contribution in [3.8, 4) is 11.5 Å². The predicted molar refractivity (Wildman–Crippen MR) is 80.5 cm³/mol. The van der Waals surface area contributed by atoms with Crippen LogP contribution in [-0.4, -0.2) is 35.3 Å². The summed E-state index contributed by atoms with van der Waals surface area (Å²) in [5, 5.41) is 11.1. The smallest absolute Gasteiger partial charge is 0.161 e. The maximum Gasteiger partial charge on any atom is 0.161 e. The first-order valence-corrected chi connectivity index (χ1v) is 7.18. The molecule has 0 saturated carbocycles. The number of aromatic nitrogens is 3. The fourth-order valence-corrected chi connectivity index (χ4v) is 2.05. The zero-order valence-corrected chi connectivity index (χ0v) is 12.6. The van der Waals surface area contributed by atoms with Gasteiger partial charge in [0.15, 0.2) is 11.5 Å². The van der Waals surface area contributed by atoms with Crippen LogP contribution in [0, 0.1) is 0 Å². The highest BCUT2D eigenvalue weighted by molar-refractivity contribution is 5.42. The lowest BCUT2D eigenvalue weighted by Crippen LogP contribution is -2.16. The Bertz CT molecular complexity index is 528. The van der Waals surface area contributed by atoms with Gasteiger partial charge in [-0.05, 0) is 37.6 Å². The minimum absolute atomic E-state index is 0.635. The molecule has 114 valence electrons. The molecule has 0 radical (unpaired) electrons. The number of ether oxygens (including phenoxy) is 2. The normalized spacial score (nSPS) is 10.6. The van der Waals surface area contributed by atoms with E-state index in [1.165, 1.54) is 5.56 Å². The van der Waals surface area contributed by atoms with Crippen LogP contribution in [0.25, 0.3) is 0 Å². The van der Waals surface area contributed by atoms with Crippen LogP contribution in [0.15, 0.2) is 30.6 Å². The van der Waals surface area contributed by atoms with Crippen LogP contribution < -0.4 is 14.8 Å². The molecule has 2 aromatic rings. The number of aryl methyl sites for hydroxylation is 1. The maximum absolute atomic E-state index is 5.51. The van der Waals surface area contributed by atoms with E-state index in [-0.39, 0.29) is 0 Å². The molecule has 2 rings (SSSR count). The largest absolute Gasteiger partial charge is 0.493 e. The molecule has 21 heavy (non-hydrogen) atoms. The molecule has 0 aliphatic heterocycles. The van der Waals surface area contributed by atoms with Crippen molar-refractivity contribution in [2.24, 2.45) is 0 Å². The first-order chi connectivity index (χ1) is 10.3. The minimum Gasteiger partial charge on any atom is -0.493 e. The van der Waals surface area contributed by atoms with E-state index in [9.17, 15) is 0 Å². The zero-order chi connectivity index (χ0) is 14.9. The quantitative estimate of drug-likeness (QED) is 0.714. The standard InChI is InChI=1S/C15H22N4O2/c1-3-21-14-6-5-13(11-15(14)20-2)12-16-7-4-9-19-10-8-17-18-19/h5-6,8,10-11,16H,3-4,7,9,12H2,1-2H3. The van der Waals surface area contributed by atoms with Gasteiger partial charge >= 0.3 is 0 Å². The molecule has 6 heteroatoms. The second-order valence-corrected chi connectivity index (χ2v) is 4.61. The molecule has 0 aliphatic carbocycles. The minimum atomic E-state index is 0.635. The molecule has 1 heterocycles. The summed E-state index contributed by atoms with van der Waals surface area (Å²) >= 11 is 0. The number of nitrogens with one attached hydrogen (secondary N) is 1. The Morgan fingerprint density at radius 1 is 1.29 bits per heavy atom. The van der Waals surface area contributed by atoms with Crippen molar-refractivity contribution in [3.05, 3.63) is 36.2 Å². The van der Waals surface area contributed by atoms with E-state index in [0.29, 0.717) is 6.61 Å². The molecule has 1 N–H and O–H groups in total. The Labute approximate surface area is 125 Å². The lowest BCUT2D eigenvalue weighted by atomic mass is 10.2. The van der Waals surface area contributed by atoms with E-state index in [4.69, 9.17) is 9.47 Å². The SMILES string of the molecule is CCOc1ccc(CNCCCn2ccnn2)cc1OC. The first-order valence-electron chi connectivity index (χ1n) is 7.18. The lowest BCUT2D eigenvalue weighted by molar-refractivity contribution is 0.310. The van der Waals surface area contributed by atoms with Gasteiger partial charge in [-0.1, -0.05) is 11.3 Å². The van der Waals surface area contributed by atoms with E-state index in [1.807, 2.05) is 29.9 Å². The third kappa shape index (κ3) is 4.75. The molecule has 0 fully saturated rings. The van der Waals surface area contributed by atoms with Gasteiger partial charge in [-0.25, -0.2) is 0 Å². The van der Waals surface area contributed by atoms with Crippen LogP contribution in [0.1, 0.15) is 18.9 Å². The highest BCUT2D eigenvalue weighted by Gasteiger charge is 2.04. The highest BCUT2D eigenvalue weighted by atomic mass is 16.5. The van der Waals surface area contributed by atoms with Gasteiger partial charge in [0.2, 0.25) is 0 Å². The van der Waals surface area contributed by atoms with Crippen molar-refractivity contribution in [1.29, 1.82) is 0 Å². The van der Waals surface area contributed by atoms with Crippen molar-refractivity contribution in [3.63, 3.8) is 0 Å². The van der Waals surface area contributed by atoms with Crippen LogP contribution in [0.5, 0.6) is 11.5 Å². The van der Waals surface area contributed by atoms with Crippen molar-refractivity contribution in [1.82, 2.24) is 20.3 Å². The summed E-state index contributed by atoms with van der Waals surface area (Å²) in [6.07, 6.45) is 4.58. The second-order valence-electron chi connectivity index (χ2n) is 4.61. The molecule has 1 aromatic heterocycles. The molecule has 0 amide bonds. The number of hydrogen-bond acceptors (Lipinski definition) is 5. The van der Waals surface area contributed by atoms with E-state index < -0.39 is 0 Å². The van der Waals surface area contributed by atoms with E-state index in [2.05, 4.69) is 21.7 Å². The van der Waals surface area contributed by atoms with E-state index >= 15 is 0 Å². The van der Waals surface area contributed by atoms with E-state index in [1.54, 1.807) is 13.3 Å². The second kappa shape index (κ2) is 8.26. The monoisotopic (exact) mass is 290 g/mol. The van der Waals surface area contributed by atoms with Gasteiger partial charge < -0.3 is 14.8 Å². The molecular formula is C15H22N4O2. The average molecular weight is 290 g/mol. The van der Waals surface area contributed by atoms with Crippen LogP contribution >= 0.6 is 0 Å². The maximum atomic E-state index is 5.51. The molecule has 0 atom stereocenters. The van der Waals surface area contributed by atoms with Gasteiger partial charge in [0, 0.05) is 19.3 Å². The van der Waals surface area contributed by atoms with Crippen LogP contribution in [0.4, 0.5) is 0 Å². The molecule has 0 saturated heterocycles. The summed E-state index contributed by atoms with van der Waals surface area (Å²) in [6.45, 7) is 5.20. The summed E-state index contributed by atoms with van der Waals surface area (Å²) in [4.78, 5) is 0. The molecular weight excluding hydrogens is 268 g/mol. The Morgan fingerprint density at radius 2 is 2.19 bits per heavy atom. The van der Waals surface area contributed by atoms with Crippen LogP contribution in [0.3, 0.4) is 0 Å². The fourth-order valence-electron chi connectivity index (χ4n) is 2.05. The van der Waals surface area contributed by atoms with Gasteiger partial charge in [0.25, 0.3) is 0 Å². The van der Waals surface area contributed by atoms with Gasteiger partial charge in [-0.3, -0.25) is 4.68 Å². The van der Waals surface area contributed by atoms with Crippen LogP contribution in [0.2, 0.25) is 0 Å². The predicted octanol–water partition coefficient (Wildman–Crippen LogP) is 1.87. The molecule has 1 aromatic carbocycles. The number of benzene rings is 1. The number of rotatable bonds is 9. The zero-order valence-electron chi connectivity index (χ0n) is 12.6. The molecule has 0 bridgehead atoms. The van der Waals surface area contributed by atoms with Gasteiger partial charge in [0.05, 0.1) is 19.9 Å². The number of hydrogen-bond donors (Lipinski definition) is 1. The lowest BCUT2D eigenvalue weighted by Gasteiger charge is -2.11. The average Bonchev–Trinajstić information content (AvgIpc) is 3.01. The first kappa shape index (κ1) is 15.3. The third-order valence-corrected chi connectivity index (χ3v) is 3.07.